The number of hydrogen-bond donors (Lipinski definition) is 3. The highest BCUT2D eigenvalue weighted by Gasteiger charge is 2.50. The van der Waals surface area contributed by atoms with Crippen LogP contribution in [0.1, 0.15) is 144 Å². The Bertz CT molecular complexity index is 2890. The monoisotopic (exact) mass is 1000 g/mol. The number of fused-ring (bicyclic) bond motifs is 4. The molecule has 2 saturated carbocycles. The molecule has 3 N–H and O–H groups in total. The maximum Gasteiger partial charge on any atom is 0.407 e. The number of amides is 3. The number of aryl methyl sites for hydroxylation is 4. The van der Waals surface area contributed by atoms with Gasteiger partial charge in [0.2, 0.25) is 11.8 Å². The van der Waals surface area contributed by atoms with Gasteiger partial charge in [0, 0.05) is 12.1 Å². The summed E-state index contributed by atoms with van der Waals surface area (Å²) in [6.45, 7) is 7.98. The number of ether oxygens (including phenoxy) is 2. The van der Waals surface area contributed by atoms with E-state index in [1.54, 1.807) is 0 Å². The summed E-state index contributed by atoms with van der Waals surface area (Å²) < 4.78 is 9.98. The van der Waals surface area contributed by atoms with Gasteiger partial charge >= 0.3 is 12.1 Å². The van der Waals surface area contributed by atoms with Crippen LogP contribution in [0.25, 0.3) is 44.3 Å². The van der Waals surface area contributed by atoms with Crippen molar-refractivity contribution in [3.63, 3.8) is 0 Å². The van der Waals surface area contributed by atoms with Crippen molar-refractivity contribution in [1.29, 1.82) is 0 Å². The van der Waals surface area contributed by atoms with Gasteiger partial charge in [-0.25, -0.2) is 14.8 Å². The van der Waals surface area contributed by atoms with E-state index in [1.807, 2.05) is 27.7 Å². The van der Waals surface area contributed by atoms with Crippen LogP contribution in [-0.2, 0) is 49.5 Å². The molecule has 74 heavy (non-hydrogen) atoms. The van der Waals surface area contributed by atoms with Crippen molar-refractivity contribution >= 4 is 45.9 Å². The fourth-order valence-electron chi connectivity index (χ4n) is 13.8. The molecule has 2 aliphatic heterocycles. The lowest BCUT2D eigenvalue weighted by Gasteiger charge is -2.36. The van der Waals surface area contributed by atoms with E-state index in [-0.39, 0.29) is 60.2 Å². The summed E-state index contributed by atoms with van der Waals surface area (Å²) >= 11 is 0. The predicted molar refractivity (Wildman–Crippen MR) is 287 cm³/mol. The molecule has 4 bridgehead atoms. The first-order valence-corrected chi connectivity index (χ1v) is 27.6. The number of carbonyl (C=O) groups excluding carboxylic acids is 4. The second kappa shape index (κ2) is 20.7. The van der Waals surface area contributed by atoms with Crippen LogP contribution in [0.2, 0.25) is 0 Å². The minimum Gasteiger partial charge on any atom is -0.469 e. The number of likely N-dealkylation sites (tertiary alicyclic amines) is 2. The smallest absolute Gasteiger partial charge is 0.407 e. The molecule has 2 aromatic heterocycles. The van der Waals surface area contributed by atoms with Gasteiger partial charge in [0.25, 0.3) is 0 Å². The molecule has 0 unspecified atom stereocenters. The molecule has 3 amide bonds. The standard InChI is InChI=1S/C61H73N7O6/c1-34(2)44(33-55(69)73-5)59(70)67-51-13-9-7-11-42(51)31-53(67)57-62-47-25-23-40(29-49(47)64-57)45-27-36-15-19-38(45)20-16-37-18-22-39(21-17-36)46(28-37)41-24-26-48-50(30-41)65-58(63-48)54-32-43-12-8-10-14-52(43)68(54)60(71)56(35(3)4)66-61(72)74-6/h15,18-19,22-30,34-35,42-44,51-54,56H,7-14,16-17,20-21,31-33H2,1-6H3,(H,62,64)(H,63,65)(H,66,72)/t42-,43-,44-,51-,52-,53-,54-,56-/m0/s1. The van der Waals surface area contributed by atoms with Crippen molar-refractivity contribution in [3.8, 4) is 22.3 Å². The van der Waals surface area contributed by atoms with Crippen LogP contribution in [0.15, 0.2) is 72.8 Å². The molecule has 388 valence electrons. The number of rotatable bonds is 11. The predicted octanol–water partition coefficient (Wildman–Crippen LogP) is 11.5. The second-order valence-corrected chi connectivity index (χ2v) is 22.9. The number of imidazole rings is 2. The molecule has 14 rings (SSSR count). The van der Waals surface area contributed by atoms with Crippen LogP contribution in [0.5, 0.6) is 0 Å². The number of hydrogen-bond acceptors (Lipinski definition) is 8. The summed E-state index contributed by atoms with van der Waals surface area (Å²) in [4.78, 5) is 76.0. The van der Waals surface area contributed by atoms with Crippen molar-refractivity contribution in [2.75, 3.05) is 14.2 Å². The normalized spacial score (nSPS) is 23.4. The third-order valence-electron chi connectivity index (χ3n) is 17.8. The molecular weight excluding hydrogens is 927 g/mol. The van der Waals surface area contributed by atoms with E-state index in [2.05, 4.69) is 97.9 Å². The number of H-pyrrole nitrogens is 2. The average molecular weight is 1000 g/mol. The first kappa shape index (κ1) is 49.7. The number of alkyl carbamates (subject to hydrolysis) is 1. The molecule has 6 aromatic rings. The molecule has 0 spiro atoms. The van der Waals surface area contributed by atoms with E-state index in [0.29, 0.717) is 11.8 Å². The van der Waals surface area contributed by atoms with Gasteiger partial charge in [0.15, 0.2) is 0 Å². The summed E-state index contributed by atoms with van der Waals surface area (Å²) in [5.41, 5.74) is 13.6. The second-order valence-electron chi connectivity index (χ2n) is 22.9. The molecule has 0 radical (unpaired) electrons. The highest BCUT2D eigenvalue weighted by molar-refractivity contribution is 5.88. The lowest BCUT2D eigenvalue weighted by Crippen LogP contribution is -2.53. The quantitative estimate of drug-likeness (QED) is 0.108. The molecule has 8 aliphatic rings. The molecule has 13 nitrogen and oxygen atoms in total. The van der Waals surface area contributed by atoms with Crippen molar-refractivity contribution < 1.29 is 28.7 Å². The number of aromatic nitrogens is 4. The van der Waals surface area contributed by atoms with Crippen LogP contribution in [0.4, 0.5) is 4.79 Å². The Hall–Kier alpha value is -6.50. The van der Waals surface area contributed by atoms with Gasteiger partial charge in [-0.05, 0) is 157 Å². The number of aromatic amines is 2. The summed E-state index contributed by atoms with van der Waals surface area (Å²) in [5, 5.41) is 2.84. The minimum absolute atomic E-state index is 0.000549. The first-order chi connectivity index (χ1) is 35.8. The Morgan fingerprint density at radius 1 is 0.608 bits per heavy atom. The van der Waals surface area contributed by atoms with Crippen molar-refractivity contribution in [2.24, 2.45) is 29.6 Å². The first-order valence-electron chi connectivity index (χ1n) is 27.6. The Morgan fingerprint density at radius 2 is 1.11 bits per heavy atom. The third-order valence-corrected chi connectivity index (χ3v) is 17.8. The molecule has 4 fully saturated rings. The van der Waals surface area contributed by atoms with E-state index in [4.69, 9.17) is 19.4 Å². The van der Waals surface area contributed by atoms with Crippen LogP contribution < -0.4 is 5.32 Å². The molecule has 4 heterocycles. The molecular formula is C61H73N7O6. The Labute approximate surface area is 435 Å². The van der Waals surface area contributed by atoms with Gasteiger partial charge < -0.3 is 34.6 Å². The Kier molecular flexibility index (Phi) is 13.9. The average Bonchev–Trinajstić information content (AvgIpc) is 4.21. The van der Waals surface area contributed by atoms with E-state index >= 15 is 0 Å². The largest absolute Gasteiger partial charge is 0.469 e. The van der Waals surface area contributed by atoms with Crippen LogP contribution in [0.3, 0.4) is 0 Å². The number of methoxy groups -OCH3 is 2. The zero-order chi connectivity index (χ0) is 51.4. The Balaban J connectivity index is 0.849. The van der Waals surface area contributed by atoms with Crippen LogP contribution in [-0.4, -0.2) is 86.0 Å². The number of carbonyl (C=O) groups is 4. The van der Waals surface area contributed by atoms with Crippen molar-refractivity contribution in [3.05, 3.63) is 107 Å². The maximum absolute atomic E-state index is 14.6. The highest BCUT2D eigenvalue weighted by atomic mass is 16.5. The van der Waals surface area contributed by atoms with Crippen LogP contribution in [0, 0.1) is 29.6 Å². The minimum atomic E-state index is -0.693. The van der Waals surface area contributed by atoms with E-state index in [0.717, 1.165) is 122 Å². The van der Waals surface area contributed by atoms with Crippen molar-refractivity contribution in [1.82, 2.24) is 35.1 Å². The van der Waals surface area contributed by atoms with E-state index in [9.17, 15) is 19.2 Å². The van der Waals surface area contributed by atoms with Gasteiger partial charge in [0.1, 0.15) is 17.7 Å². The molecule has 2 saturated heterocycles. The molecule has 8 atom stereocenters. The van der Waals surface area contributed by atoms with Crippen molar-refractivity contribution in [2.45, 2.75) is 154 Å². The fourth-order valence-corrected chi connectivity index (χ4v) is 13.8. The zero-order valence-corrected chi connectivity index (χ0v) is 44.0. The highest BCUT2D eigenvalue weighted by Crippen LogP contribution is 2.49. The topological polar surface area (TPSA) is 163 Å². The summed E-state index contributed by atoms with van der Waals surface area (Å²) in [7, 11) is 2.73. The number of benzene rings is 4. The van der Waals surface area contributed by atoms with Gasteiger partial charge in [-0.2, -0.15) is 0 Å². The maximum atomic E-state index is 14.6. The third kappa shape index (κ3) is 9.48. The SMILES string of the molecule is COC(=O)C[C@H](C(=O)N1[C@H](c2nc3cc(-c4cc5ccc4CCc4ccc(c(-c6ccc7[nH]c([C@@H]8C[C@@H]9CCCC[C@@H]9N8C(=O)[C@@H](NC(=O)OC)C(C)C)nc7c6)c4)CC5)ccc3[nH]2)C[C@@H]2CCCC[C@@H]21)C(C)C. The fraction of sp³-hybridized carbons (Fsp3) is 0.508. The molecule has 6 aliphatic carbocycles. The number of nitrogens with one attached hydrogen (secondary N) is 3. The molecule has 13 heteroatoms. The van der Waals surface area contributed by atoms with Gasteiger partial charge in [-0.3, -0.25) is 14.4 Å². The lowest BCUT2D eigenvalue weighted by atomic mass is 9.84. The summed E-state index contributed by atoms with van der Waals surface area (Å²) in [5.74, 6) is 1.53. The Morgan fingerprint density at radius 3 is 1.58 bits per heavy atom. The van der Waals surface area contributed by atoms with Gasteiger partial charge in [0.05, 0.1) is 60.7 Å². The number of esters is 1. The zero-order valence-electron chi connectivity index (χ0n) is 44.0. The summed E-state index contributed by atoms with van der Waals surface area (Å²) in [6.07, 6.45) is 13.4. The van der Waals surface area contributed by atoms with Crippen LogP contribution >= 0.6 is 0 Å². The van der Waals surface area contributed by atoms with E-state index in [1.165, 1.54) is 60.4 Å². The van der Waals surface area contributed by atoms with E-state index < -0.39 is 18.1 Å². The summed E-state index contributed by atoms with van der Waals surface area (Å²) in [6, 6.07) is 26.3. The van der Waals surface area contributed by atoms with Gasteiger partial charge in [-0.15, -0.1) is 0 Å². The molecule has 4 aromatic carbocycles. The lowest BCUT2D eigenvalue weighted by molar-refractivity contribution is -0.150. The number of nitrogens with zero attached hydrogens (tertiary/aromatic N) is 4. The van der Waals surface area contributed by atoms with Gasteiger partial charge in [-0.1, -0.05) is 102 Å².